The molecule has 9 nitrogen and oxygen atoms in total. The summed E-state index contributed by atoms with van der Waals surface area (Å²) >= 11 is 7.32. The normalized spacial score (nSPS) is 13.4. The molecule has 2 heterocycles. The van der Waals surface area contributed by atoms with Gasteiger partial charge in [0.2, 0.25) is 17.8 Å². The summed E-state index contributed by atoms with van der Waals surface area (Å²) < 4.78 is 13.3. The molecule has 0 unspecified atom stereocenters. The Bertz CT molecular complexity index is 1680. The molecule has 1 saturated heterocycles. The number of benzene rings is 4. The van der Waals surface area contributed by atoms with Gasteiger partial charge in [-0.25, -0.2) is 5.43 Å². The number of para-hydroxylation sites is 1. The van der Waals surface area contributed by atoms with Crippen LogP contribution in [0.3, 0.4) is 0 Å². The fraction of sp³-hybridized carbons (Fsp3) is 0.161. The molecule has 212 valence electrons. The van der Waals surface area contributed by atoms with E-state index in [9.17, 15) is 0 Å². The average Bonchev–Trinajstić information content (AvgIpc) is 3.01. The predicted octanol–water partition coefficient (Wildman–Crippen LogP) is 7.16. The van der Waals surface area contributed by atoms with Crippen molar-refractivity contribution < 1.29 is 9.47 Å². The Hall–Kier alpha value is -4.06. The molecule has 0 aliphatic carbocycles. The molecular weight excluding hydrogens is 662 g/mol. The first kappa shape index (κ1) is 28.1. The van der Waals surface area contributed by atoms with E-state index in [0.29, 0.717) is 50.8 Å². The highest BCUT2D eigenvalue weighted by Gasteiger charge is 2.17. The maximum absolute atomic E-state index is 6.22. The second kappa shape index (κ2) is 13.3. The van der Waals surface area contributed by atoms with Crippen molar-refractivity contribution in [2.75, 3.05) is 41.9 Å². The maximum Gasteiger partial charge on any atom is 0.250 e. The van der Waals surface area contributed by atoms with Crippen LogP contribution >= 0.6 is 31.9 Å². The molecule has 1 aliphatic heterocycles. The highest BCUT2D eigenvalue weighted by Crippen LogP contribution is 2.35. The van der Waals surface area contributed by atoms with E-state index in [4.69, 9.17) is 9.47 Å². The monoisotopic (exact) mass is 687 g/mol. The molecule has 11 heteroatoms. The number of hydrogen-bond acceptors (Lipinski definition) is 9. The number of nitrogens with zero attached hydrogens (tertiary/aromatic N) is 5. The summed E-state index contributed by atoms with van der Waals surface area (Å²) in [6.07, 6.45) is 1.70. The first-order valence-electron chi connectivity index (χ1n) is 13.4. The molecule has 0 bridgehead atoms. The number of hydrogen-bond donors (Lipinski definition) is 2. The van der Waals surface area contributed by atoms with Gasteiger partial charge < -0.3 is 19.7 Å². The van der Waals surface area contributed by atoms with Gasteiger partial charge in [-0.1, -0.05) is 60.7 Å². The SMILES string of the molecule is Brc1cc(/C=N/Nc2nc(Nc3ccccc3)nc(N3CCOCC3)n2)cc(Br)c1OCc1cccc2ccccc12. The maximum atomic E-state index is 6.22. The smallest absolute Gasteiger partial charge is 0.250 e. The fourth-order valence-corrected chi connectivity index (χ4v) is 6.00. The van der Waals surface area contributed by atoms with Crippen LogP contribution in [0.25, 0.3) is 10.8 Å². The number of fused-ring (bicyclic) bond motifs is 1. The van der Waals surface area contributed by atoms with Crippen LogP contribution in [-0.4, -0.2) is 47.5 Å². The summed E-state index contributed by atoms with van der Waals surface area (Å²) in [7, 11) is 0. The summed E-state index contributed by atoms with van der Waals surface area (Å²) in [6, 6.07) is 28.2. The molecule has 6 rings (SSSR count). The van der Waals surface area contributed by atoms with E-state index in [0.717, 1.165) is 31.5 Å². The second-order valence-electron chi connectivity index (χ2n) is 9.48. The van der Waals surface area contributed by atoms with Crippen molar-refractivity contribution in [3.05, 3.63) is 105 Å². The van der Waals surface area contributed by atoms with Crippen molar-refractivity contribution in [3.8, 4) is 5.75 Å². The summed E-state index contributed by atoms with van der Waals surface area (Å²) in [4.78, 5) is 15.8. The Labute approximate surface area is 260 Å². The van der Waals surface area contributed by atoms with Gasteiger partial charge in [0.05, 0.1) is 28.4 Å². The molecule has 1 fully saturated rings. The van der Waals surface area contributed by atoms with Crippen LogP contribution in [0, 0.1) is 0 Å². The Kier molecular flexibility index (Phi) is 8.88. The van der Waals surface area contributed by atoms with Gasteiger partial charge in [-0.2, -0.15) is 20.1 Å². The standard InChI is InChI=1S/C31H27Br2N7O2/c32-26-17-21(18-27(33)28(26)42-20-23-9-6-8-22-7-4-5-12-25(22)23)19-34-39-30-36-29(35-24-10-2-1-3-11-24)37-31(38-30)40-13-15-41-16-14-40/h1-12,17-19H,13-16,20H2,(H2,35,36,37,38,39)/b34-19+. The Morgan fingerprint density at radius 2 is 1.57 bits per heavy atom. The van der Waals surface area contributed by atoms with Crippen LogP contribution in [0.5, 0.6) is 5.75 Å². The molecule has 0 amide bonds. The van der Waals surface area contributed by atoms with Crippen LogP contribution in [-0.2, 0) is 11.3 Å². The molecule has 0 saturated carbocycles. The number of nitrogens with one attached hydrogen (secondary N) is 2. The summed E-state index contributed by atoms with van der Waals surface area (Å²) in [5.41, 5.74) is 5.81. The van der Waals surface area contributed by atoms with Gasteiger partial charge in [-0.05, 0) is 78.0 Å². The van der Waals surface area contributed by atoms with E-state index < -0.39 is 0 Å². The van der Waals surface area contributed by atoms with Crippen molar-refractivity contribution in [1.29, 1.82) is 0 Å². The number of morpholine rings is 1. The van der Waals surface area contributed by atoms with Crippen LogP contribution in [0.4, 0.5) is 23.5 Å². The van der Waals surface area contributed by atoms with Gasteiger partial charge in [-0.15, -0.1) is 0 Å². The van der Waals surface area contributed by atoms with Crippen LogP contribution in [0.1, 0.15) is 11.1 Å². The number of ether oxygens (including phenoxy) is 2. The number of aromatic nitrogens is 3. The third-order valence-electron chi connectivity index (χ3n) is 6.60. The van der Waals surface area contributed by atoms with Gasteiger partial charge in [0.25, 0.3) is 0 Å². The Balaban J connectivity index is 1.17. The van der Waals surface area contributed by atoms with Gasteiger partial charge in [0.15, 0.2) is 0 Å². The molecule has 0 spiro atoms. The lowest BCUT2D eigenvalue weighted by Crippen LogP contribution is -2.37. The third-order valence-corrected chi connectivity index (χ3v) is 7.78. The molecule has 1 aliphatic rings. The van der Waals surface area contributed by atoms with Gasteiger partial charge in [-0.3, -0.25) is 0 Å². The number of rotatable bonds is 9. The topological polar surface area (TPSA) is 96.8 Å². The zero-order valence-corrected chi connectivity index (χ0v) is 25.7. The van der Waals surface area contributed by atoms with Crippen molar-refractivity contribution in [3.63, 3.8) is 0 Å². The van der Waals surface area contributed by atoms with Gasteiger partial charge in [0, 0.05) is 18.8 Å². The highest BCUT2D eigenvalue weighted by molar-refractivity contribution is 9.11. The quantitative estimate of drug-likeness (QED) is 0.125. The second-order valence-corrected chi connectivity index (χ2v) is 11.2. The Morgan fingerprint density at radius 1 is 0.857 bits per heavy atom. The van der Waals surface area contributed by atoms with Gasteiger partial charge >= 0.3 is 0 Å². The minimum absolute atomic E-state index is 0.328. The lowest BCUT2D eigenvalue weighted by molar-refractivity contribution is 0.122. The van der Waals surface area contributed by atoms with Crippen molar-refractivity contribution in [1.82, 2.24) is 15.0 Å². The number of anilines is 4. The molecule has 2 N–H and O–H groups in total. The largest absolute Gasteiger partial charge is 0.487 e. The first-order chi connectivity index (χ1) is 20.6. The van der Waals surface area contributed by atoms with E-state index in [1.54, 1.807) is 6.21 Å². The number of hydrazone groups is 1. The molecule has 0 atom stereocenters. The van der Waals surface area contributed by atoms with E-state index in [1.807, 2.05) is 54.6 Å². The summed E-state index contributed by atoms with van der Waals surface area (Å²) in [5, 5.41) is 10.0. The minimum Gasteiger partial charge on any atom is -0.487 e. The van der Waals surface area contributed by atoms with Gasteiger partial charge in [0.1, 0.15) is 12.4 Å². The highest BCUT2D eigenvalue weighted by atomic mass is 79.9. The third kappa shape index (κ3) is 6.87. The van der Waals surface area contributed by atoms with Crippen LogP contribution in [0.15, 0.2) is 99.0 Å². The predicted molar refractivity (Wildman–Crippen MR) is 174 cm³/mol. The molecular formula is C31H27Br2N7O2. The van der Waals surface area contributed by atoms with E-state index in [-0.39, 0.29) is 0 Å². The van der Waals surface area contributed by atoms with E-state index >= 15 is 0 Å². The molecule has 0 radical (unpaired) electrons. The zero-order chi connectivity index (χ0) is 28.7. The fourth-order valence-electron chi connectivity index (χ4n) is 4.55. The lowest BCUT2D eigenvalue weighted by atomic mass is 10.1. The molecule has 5 aromatic rings. The summed E-state index contributed by atoms with van der Waals surface area (Å²) in [6.45, 7) is 3.10. The zero-order valence-electron chi connectivity index (χ0n) is 22.5. The molecule has 1 aromatic heterocycles. The molecule has 4 aromatic carbocycles. The summed E-state index contributed by atoms with van der Waals surface area (Å²) in [5.74, 6) is 2.03. The minimum atomic E-state index is 0.328. The van der Waals surface area contributed by atoms with Crippen LogP contribution < -0.4 is 20.4 Å². The molecule has 42 heavy (non-hydrogen) atoms. The van der Waals surface area contributed by atoms with Crippen LogP contribution in [0.2, 0.25) is 0 Å². The average molecular weight is 689 g/mol. The van der Waals surface area contributed by atoms with E-state index in [2.05, 4.69) is 97.9 Å². The lowest BCUT2D eigenvalue weighted by Gasteiger charge is -2.27. The van der Waals surface area contributed by atoms with Crippen molar-refractivity contribution in [2.45, 2.75) is 6.61 Å². The Morgan fingerprint density at radius 3 is 2.38 bits per heavy atom. The van der Waals surface area contributed by atoms with Crippen molar-refractivity contribution >= 4 is 72.4 Å². The number of halogens is 2. The van der Waals surface area contributed by atoms with E-state index in [1.165, 1.54) is 10.8 Å². The first-order valence-corrected chi connectivity index (χ1v) is 15.0. The van der Waals surface area contributed by atoms with Crippen molar-refractivity contribution in [2.24, 2.45) is 5.10 Å².